The zero-order chi connectivity index (χ0) is 13.9. The summed E-state index contributed by atoms with van der Waals surface area (Å²) in [7, 11) is 0. The second kappa shape index (κ2) is 6.12. The van der Waals surface area contributed by atoms with E-state index in [1.165, 1.54) is 18.2 Å². The van der Waals surface area contributed by atoms with E-state index in [0.717, 1.165) is 6.21 Å². The van der Waals surface area contributed by atoms with Gasteiger partial charge in [0.05, 0.1) is 6.21 Å². The Labute approximate surface area is 117 Å². The van der Waals surface area contributed by atoms with Gasteiger partial charge in [-0.1, -0.05) is 20.3 Å². The molecule has 0 saturated carbocycles. The van der Waals surface area contributed by atoms with Crippen molar-refractivity contribution in [1.82, 2.24) is 0 Å². The largest absolute Gasteiger partial charge is 0.591 e. The maximum Gasteiger partial charge on any atom is 0.167 e. The molecule has 2 nitrogen and oxygen atoms in total. The summed E-state index contributed by atoms with van der Waals surface area (Å²) in [6.07, 6.45) is -0.833. The van der Waals surface area contributed by atoms with Gasteiger partial charge in [-0.25, -0.2) is 8.78 Å². The Bertz CT molecular complexity index is 448. The Kier molecular flexibility index (Phi) is 5.31. The van der Waals surface area contributed by atoms with Gasteiger partial charge in [-0.2, -0.15) is 0 Å². The molecule has 0 N–H and O–H groups in total. The van der Waals surface area contributed by atoms with Crippen LogP contribution in [-0.2, 0) is 11.4 Å². The summed E-state index contributed by atoms with van der Waals surface area (Å²) in [4.78, 5) is 0. The molecule has 18 heavy (non-hydrogen) atoms. The molecule has 0 bridgehead atoms. The molecular formula is C12H14BrF2NOS. The van der Waals surface area contributed by atoms with E-state index in [1.54, 1.807) is 20.8 Å². The van der Waals surface area contributed by atoms with E-state index < -0.39 is 28.1 Å². The third kappa shape index (κ3) is 4.33. The minimum Gasteiger partial charge on any atom is -0.591 e. The molecule has 0 fully saturated rings. The van der Waals surface area contributed by atoms with Gasteiger partial charge in [0.2, 0.25) is 0 Å². The summed E-state index contributed by atoms with van der Waals surface area (Å²) in [5.41, 5.74) is -0.126. The Morgan fingerprint density at radius 1 is 1.44 bits per heavy atom. The molecule has 6 heteroatoms. The van der Waals surface area contributed by atoms with Crippen LogP contribution in [0.1, 0.15) is 32.5 Å². The molecule has 0 heterocycles. The van der Waals surface area contributed by atoms with Crippen molar-refractivity contribution in [2.75, 3.05) is 0 Å². The van der Waals surface area contributed by atoms with Gasteiger partial charge in [0.15, 0.2) is 6.17 Å². The highest BCUT2D eigenvalue weighted by molar-refractivity contribution is 9.10. The quantitative estimate of drug-likeness (QED) is 0.603. The van der Waals surface area contributed by atoms with Gasteiger partial charge < -0.3 is 4.55 Å². The number of halogens is 3. The van der Waals surface area contributed by atoms with Gasteiger partial charge in [-0.3, -0.25) is 0 Å². The zero-order valence-electron chi connectivity index (χ0n) is 10.3. The lowest BCUT2D eigenvalue weighted by Gasteiger charge is -2.18. The molecule has 1 aromatic rings. The van der Waals surface area contributed by atoms with Crippen LogP contribution in [0.3, 0.4) is 0 Å². The first kappa shape index (κ1) is 15.6. The monoisotopic (exact) mass is 337 g/mol. The first-order chi connectivity index (χ1) is 8.21. The Balaban J connectivity index is 2.85. The third-order valence-corrected chi connectivity index (χ3v) is 3.92. The van der Waals surface area contributed by atoms with E-state index in [0.29, 0.717) is 4.47 Å². The van der Waals surface area contributed by atoms with Gasteiger partial charge in [0.25, 0.3) is 0 Å². The van der Waals surface area contributed by atoms with E-state index in [2.05, 4.69) is 20.3 Å². The van der Waals surface area contributed by atoms with Gasteiger partial charge in [0.1, 0.15) is 21.9 Å². The molecule has 2 unspecified atom stereocenters. The highest BCUT2D eigenvalue weighted by atomic mass is 79.9. The molecule has 2 atom stereocenters. The molecule has 100 valence electrons. The van der Waals surface area contributed by atoms with Crippen molar-refractivity contribution in [3.05, 3.63) is 34.1 Å². The summed E-state index contributed by atoms with van der Waals surface area (Å²) >= 11 is 1.59. The first-order valence-electron chi connectivity index (χ1n) is 5.27. The maximum absolute atomic E-state index is 13.8. The molecule has 0 aliphatic rings. The number of hydrogen-bond donors (Lipinski definition) is 0. The van der Waals surface area contributed by atoms with Gasteiger partial charge >= 0.3 is 0 Å². The standard InChI is InChI=1S/C12H14BrF2NOS/c1-12(2,3)18(17)16-7-11(15)9-6-8(13)4-5-10(9)14/h4-7,11H,1-3H3/b16-7-. The lowest BCUT2D eigenvalue weighted by atomic mass is 10.1. The minimum atomic E-state index is -1.71. The topological polar surface area (TPSA) is 35.4 Å². The molecule has 0 radical (unpaired) electrons. The van der Waals surface area contributed by atoms with E-state index in [-0.39, 0.29) is 5.56 Å². The van der Waals surface area contributed by atoms with Crippen molar-refractivity contribution < 1.29 is 13.3 Å². The van der Waals surface area contributed by atoms with Crippen LogP contribution < -0.4 is 0 Å². The van der Waals surface area contributed by atoms with Crippen LogP contribution >= 0.6 is 15.9 Å². The summed E-state index contributed by atoms with van der Waals surface area (Å²) in [6.45, 7) is 5.19. The molecule has 1 aromatic carbocycles. The highest BCUT2D eigenvalue weighted by Crippen LogP contribution is 2.24. The second-order valence-corrected chi connectivity index (χ2v) is 7.53. The molecule has 0 aliphatic carbocycles. The van der Waals surface area contributed by atoms with Crippen LogP contribution in [0.4, 0.5) is 8.78 Å². The summed E-state index contributed by atoms with van der Waals surface area (Å²) < 4.78 is 42.4. The Morgan fingerprint density at radius 2 is 2.06 bits per heavy atom. The molecule has 0 aliphatic heterocycles. The van der Waals surface area contributed by atoms with Crippen LogP contribution in [0, 0.1) is 5.82 Å². The van der Waals surface area contributed by atoms with Crippen molar-refractivity contribution in [3.63, 3.8) is 0 Å². The Hall–Kier alpha value is -0.460. The van der Waals surface area contributed by atoms with Crippen molar-refractivity contribution in [2.24, 2.45) is 4.40 Å². The number of rotatable bonds is 3. The molecule has 0 aromatic heterocycles. The minimum absolute atomic E-state index is 0.126. The normalized spacial score (nSPS) is 15.9. The van der Waals surface area contributed by atoms with Crippen molar-refractivity contribution in [1.29, 1.82) is 0 Å². The van der Waals surface area contributed by atoms with Gasteiger partial charge in [-0.05, 0) is 39.0 Å². The van der Waals surface area contributed by atoms with E-state index in [9.17, 15) is 13.3 Å². The fourth-order valence-electron chi connectivity index (χ4n) is 1.07. The Morgan fingerprint density at radius 3 is 2.61 bits per heavy atom. The van der Waals surface area contributed by atoms with E-state index in [1.807, 2.05) is 0 Å². The maximum atomic E-state index is 13.8. The SMILES string of the molecule is CC(C)(C)[S+]([O-])/N=C\C(F)c1cc(Br)ccc1F. The van der Waals surface area contributed by atoms with Crippen LogP contribution in [0.2, 0.25) is 0 Å². The van der Waals surface area contributed by atoms with Crippen LogP contribution in [0.25, 0.3) is 0 Å². The molecule has 0 amide bonds. The van der Waals surface area contributed by atoms with Crippen LogP contribution in [0.15, 0.2) is 27.1 Å². The molecular weight excluding hydrogens is 324 g/mol. The second-order valence-electron chi connectivity index (χ2n) is 4.68. The lowest BCUT2D eigenvalue weighted by molar-refractivity contribution is 0.428. The van der Waals surface area contributed by atoms with Crippen molar-refractivity contribution in [2.45, 2.75) is 31.7 Å². The van der Waals surface area contributed by atoms with E-state index in [4.69, 9.17) is 0 Å². The smallest absolute Gasteiger partial charge is 0.167 e. The van der Waals surface area contributed by atoms with Crippen molar-refractivity contribution >= 4 is 33.5 Å². The zero-order valence-corrected chi connectivity index (χ0v) is 12.7. The predicted molar refractivity (Wildman–Crippen MR) is 74.3 cm³/mol. The average molecular weight is 338 g/mol. The molecule has 0 spiro atoms. The van der Waals surface area contributed by atoms with Gasteiger partial charge in [0, 0.05) is 10.0 Å². The number of hydrogen-bond acceptors (Lipinski definition) is 2. The highest BCUT2D eigenvalue weighted by Gasteiger charge is 2.26. The summed E-state index contributed by atoms with van der Waals surface area (Å²) in [5.74, 6) is -0.654. The van der Waals surface area contributed by atoms with Crippen LogP contribution in [0.5, 0.6) is 0 Å². The number of alkyl halides is 1. The fraction of sp³-hybridized carbons (Fsp3) is 0.417. The number of benzene rings is 1. The summed E-state index contributed by atoms with van der Waals surface area (Å²) in [6, 6.07) is 3.99. The van der Waals surface area contributed by atoms with Crippen LogP contribution in [-0.4, -0.2) is 15.5 Å². The van der Waals surface area contributed by atoms with E-state index >= 15 is 0 Å². The predicted octanol–water partition coefficient (Wildman–Crippen LogP) is 4.13. The van der Waals surface area contributed by atoms with Gasteiger partial charge in [-0.15, -0.1) is 0 Å². The third-order valence-electron chi connectivity index (χ3n) is 2.07. The summed E-state index contributed by atoms with van der Waals surface area (Å²) in [5, 5.41) is 0. The molecule has 0 saturated heterocycles. The lowest BCUT2D eigenvalue weighted by Crippen LogP contribution is -2.26. The average Bonchev–Trinajstić information content (AvgIpc) is 2.27. The fourth-order valence-corrected chi connectivity index (χ4v) is 1.99. The first-order valence-corrected chi connectivity index (χ1v) is 7.17. The van der Waals surface area contributed by atoms with Crippen molar-refractivity contribution in [3.8, 4) is 0 Å². The molecule has 1 rings (SSSR count). The number of nitrogens with zero attached hydrogens (tertiary/aromatic N) is 1.